The summed E-state index contributed by atoms with van der Waals surface area (Å²) in [7, 11) is 1.57. The molecule has 0 aliphatic carbocycles. The Kier molecular flexibility index (Phi) is 5.37. The lowest BCUT2D eigenvalue weighted by Gasteiger charge is -2.33. The number of aryl methyl sites for hydroxylation is 1. The van der Waals surface area contributed by atoms with Crippen molar-refractivity contribution >= 4 is 11.9 Å². The number of aromatic nitrogens is 2. The Labute approximate surface area is 146 Å². The molecule has 1 aromatic heterocycles. The quantitative estimate of drug-likeness (QED) is 0.781. The molecule has 1 aliphatic rings. The largest absolute Gasteiger partial charge is 0.493 e. The molecule has 1 fully saturated rings. The van der Waals surface area contributed by atoms with E-state index in [0.29, 0.717) is 56.0 Å². The van der Waals surface area contributed by atoms with Crippen molar-refractivity contribution in [3.63, 3.8) is 0 Å². The number of piperazine rings is 1. The molecular formula is C17H22N4O4. The number of carbonyl (C=O) groups is 1. The first-order valence-electron chi connectivity index (χ1n) is 8.32. The third kappa shape index (κ3) is 4.01. The standard InChI is InChI=1S/C17H22N4O4/c1-3-15-18-19-17(25-15)21-10-8-20(9-11-21)16(22)12-24-14-7-5-4-6-13(14)23-2/h4-7H,3,8-12H2,1-2H3. The smallest absolute Gasteiger partial charge is 0.318 e. The Morgan fingerprint density at radius 2 is 1.88 bits per heavy atom. The van der Waals surface area contributed by atoms with E-state index < -0.39 is 0 Å². The summed E-state index contributed by atoms with van der Waals surface area (Å²) in [6, 6.07) is 7.80. The molecule has 134 valence electrons. The van der Waals surface area contributed by atoms with E-state index in [1.807, 2.05) is 24.0 Å². The van der Waals surface area contributed by atoms with E-state index in [1.165, 1.54) is 0 Å². The van der Waals surface area contributed by atoms with Crippen LogP contribution in [0.5, 0.6) is 11.5 Å². The molecule has 0 N–H and O–H groups in total. The zero-order valence-electron chi connectivity index (χ0n) is 14.5. The average Bonchev–Trinajstić information content (AvgIpc) is 3.15. The van der Waals surface area contributed by atoms with E-state index in [9.17, 15) is 4.79 Å². The van der Waals surface area contributed by atoms with Crippen LogP contribution in [0.25, 0.3) is 0 Å². The van der Waals surface area contributed by atoms with Gasteiger partial charge >= 0.3 is 6.01 Å². The van der Waals surface area contributed by atoms with Crippen LogP contribution in [0.4, 0.5) is 6.01 Å². The van der Waals surface area contributed by atoms with Gasteiger partial charge in [-0.25, -0.2) is 0 Å². The van der Waals surface area contributed by atoms with Crippen molar-refractivity contribution in [2.45, 2.75) is 13.3 Å². The Morgan fingerprint density at radius 3 is 2.52 bits per heavy atom. The number of hydrogen-bond acceptors (Lipinski definition) is 7. The predicted octanol–water partition coefficient (Wildman–Crippen LogP) is 1.37. The van der Waals surface area contributed by atoms with Crippen molar-refractivity contribution in [2.75, 3.05) is 44.8 Å². The van der Waals surface area contributed by atoms with Gasteiger partial charge in [0.05, 0.1) is 7.11 Å². The minimum Gasteiger partial charge on any atom is -0.493 e. The summed E-state index contributed by atoms with van der Waals surface area (Å²) in [5.41, 5.74) is 0. The molecule has 2 heterocycles. The Hall–Kier alpha value is -2.77. The highest BCUT2D eigenvalue weighted by atomic mass is 16.5. The second-order valence-electron chi connectivity index (χ2n) is 5.64. The molecule has 0 bridgehead atoms. The first kappa shape index (κ1) is 17.1. The van der Waals surface area contributed by atoms with Crippen LogP contribution in [0.3, 0.4) is 0 Å². The molecule has 0 spiro atoms. The lowest BCUT2D eigenvalue weighted by atomic mass is 10.3. The van der Waals surface area contributed by atoms with Gasteiger partial charge in [0.2, 0.25) is 5.89 Å². The molecule has 0 atom stereocenters. The van der Waals surface area contributed by atoms with Gasteiger partial charge < -0.3 is 23.7 Å². The maximum absolute atomic E-state index is 12.4. The van der Waals surface area contributed by atoms with E-state index in [2.05, 4.69) is 10.2 Å². The fourth-order valence-corrected chi connectivity index (χ4v) is 2.63. The van der Waals surface area contributed by atoms with Crippen molar-refractivity contribution in [3.8, 4) is 11.5 Å². The first-order chi connectivity index (χ1) is 12.2. The van der Waals surface area contributed by atoms with Crippen molar-refractivity contribution in [1.82, 2.24) is 15.1 Å². The van der Waals surface area contributed by atoms with Crippen LogP contribution in [-0.2, 0) is 11.2 Å². The summed E-state index contributed by atoms with van der Waals surface area (Å²) < 4.78 is 16.4. The topological polar surface area (TPSA) is 80.9 Å². The molecule has 8 nitrogen and oxygen atoms in total. The molecule has 1 aliphatic heterocycles. The van der Waals surface area contributed by atoms with Gasteiger partial charge in [-0.3, -0.25) is 4.79 Å². The summed E-state index contributed by atoms with van der Waals surface area (Å²) in [6.45, 7) is 4.46. The summed E-state index contributed by atoms with van der Waals surface area (Å²) in [6.07, 6.45) is 0.714. The number of benzene rings is 1. The van der Waals surface area contributed by atoms with Gasteiger partial charge in [-0.15, -0.1) is 5.10 Å². The summed E-state index contributed by atoms with van der Waals surface area (Å²) >= 11 is 0. The van der Waals surface area contributed by atoms with Gasteiger partial charge in [-0.05, 0) is 12.1 Å². The minimum absolute atomic E-state index is 0.0130. The van der Waals surface area contributed by atoms with E-state index in [-0.39, 0.29) is 12.5 Å². The van der Waals surface area contributed by atoms with Crippen molar-refractivity contribution < 1.29 is 18.7 Å². The highest BCUT2D eigenvalue weighted by molar-refractivity contribution is 5.78. The fraction of sp³-hybridized carbons (Fsp3) is 0.471. The number of methoxy groups -OCH3 is 1. The fourth-order valence-electron chi connectivity index (χ4n) is 2.63. The third-order valence-corrected chi connectivity index (χ3v) is 4.08. The number of nitrogens with zero attached hydrogens (tertiary/aromatic N) is 4. The molecule has 2 aromatic rings. The molecule has 1 aromatic carbocycles. The SMILES string of the molecule is CCc1nnc(N2CCN(C(=O)COc3ccccc3OC)CC2)o1. The van der Waals surface area contributed by atoms with Crippen LogP contribution >= 0.6 is 0 Å². The van der Waals surface area contributed by atoms with Crippen LogP contribution in [0.2, 0.25) is 0 Å². The monoisotopic (exact) mass is 346 g/mol. The van der Waals surface area contributed by atoms with Crippen LogP contribution in [0, 0.1) is 0 Å². The Morgan fingerprint density at radius 1 is 1.16 bits per heavy atom. The molecule has 1 saturated heterocycles. The lowest BCUT2D eigenvalue weighted by molar-refractivity contribution is -0.133. The molecule has 0 unspecified atom stereocenters. The number of hydrogen-bond donors (Lipinski definition) is 0. The third-order valence-electron chi connectivity index (χ3n) is 4.08. The van der Waals surface area contributed by atoms with Crippen LogP contribution in [0.1, 0.15) is 12.8 Å². The number of amides is 1. The normalized spacial score (nSPS) is 14.5. The van der Waals surface area contributed by atoms with Gasteiger partial charge in [-0.2, -0.15) is 0 Å². The predicted molar refractivity (Wildman–Crippen MR) is 91.0 cm³/mol. The number of ether oxygens (including phenoxy) is 2. The van der Waals surface area contributed by atoms with E-state index >= 15 is 0 Å². The summed E-state index contributed by atoms with van der Waals surface area (Å²) in [4.78, 5) is 16.1. The number of para-hydroxylation sites is 2. The second-order valence-corrected chi connectivity index (χ2v) is 5.64. The molecule has 0 radical (unpaired) electrons. The molecule has 8 heteroatoms. The molecule has 3 rings (SSSR count). The van der Waals surface area contributed by atoms with E-state index in [1.54, 1.807) is 24.1 Å². The summed E-state index contributed by atoms with van der Waals surface area (Å²) in [5.74, 6) is 1.75. The molecule has 0 saturated carbocycles. The van der Waals surface area contributed by atoms with Crippen LogP contribution in [0.15, 0.2) is 28.7 Å². The Balaban J connectivity index is 1.49. The van der Waals surface area contributed by atoms with Crippen molar-refractivity contribution in [3.05, 3.63) is 30.2 Å². The van der Waals surface area contributed by atoms with Gasteiger partial charge in [0.1, 0.15) is 0 Å². The molecular weight excluding hydrogens is 324 g/mol. The van der Waals surface area contributed by atoms with Gasteiger partial charge in [0.15, 0.2) is 18.1 Å². The average molecular weight is 346 g/mol. The second kappa shape index (κ2) is 7.87. The van der Waals surface area contributed by atoms with Gasteiger partial charge in [0.25, 0.3) is 5.91 Å². The number of carbonyl (C=O) groups excluding carboxylic acids is 1. The number of rotatable bonds is 6. The van der Waals surface area contributed by atoms with Crippen LogP contribution < -0.4 is 14.4 Å². The van der Waals surface area contributed by atoms with Gasteiger partial charge in [-0.1, -0.05) is 24.2 Å². The van der Waals surface area contributed by atoms with E-state index in [4.69, 9.17) is 13.9 Å². The molecule has 1 amide bonds. The van der Waals surface area contributed by atoms with Gasteiger partial charge in [0, 0.05) is 32.6 Å². The maximum atomic E-state index is 12.4. The lowest BCUT2D eigenvalue weighted by Crippen LogP contribution is -2.50. The zero-order valence-corrected chi connectivity index (χ0v) is 14.5. The molecule has 25 heavy (non-hydrogen) atoms. The van der Waals surface area contributed by atoms with E-state index in [0.717, 1.165) is 0 Å². The van der Waals surface area contributed by atoms with Crippen molar-refractivity contribution in [1.29, 1.82) is 0 Å². The zero-order chi connectivity index (χ0) is 17.6. The first-order valence-corrected chi connectivity index (χ1v) is 8.32. The number of anilines is 1. The highest BCUT2D eigenvalue weighted by Gasteiger charge is 2.24. The maximum Gasteiger partial charge on any atom is 0.318 e. The minimum atomic E-state index is -0.0506. The van der Waals surface area contributed by atoms with Crippen molar-refractivity contribution in [2.24, 2.45) is 0 Å². The Bertz CT molecular complexity index is 710. The summed E-state index contributed by atoms with van der Waals surface area (Å²) in [5, 5.41) is 8.02. The van der Waals surface area contributed by atoms with Crippen LogP contribution in [-0.4, -0.2) is 60.9 Å². The highest BCUT2D eigenvalue weighted by Crippen LogP contribution is 2.25.